The van der Waals surface area contributed by atoms with Crippen molar-refractivity contribution < 1.29 is 80.2 Å². The van der Waals surface area contributed by atoms with Crippen LogP contribution in [0.1, 0.15) is 324 Å². The molecular weight excluding hydrogens is 1100 g/mol. The van der Waals surface area contributed by atoms with E-state index in [4.69, 9.17) is 37.0 Å². The Hall–Kier alpha value is -1.94. The normalized spacial score (nSPS) is 14.6. The number of aliphatic hydroxyl groups excluding tert-OH is 1. The Morgan fingerprint density at radius 3 is 0.855 bits per heavy atom. The van der Waals surface area contributed by atoms with Crippen molar-refractivity contribution in [1.82, 2.24) is 0 Å². The van der Waals surface area contributed by atoms with Gasteiger partial charge in [0.2, 0.25) is 0 Å². The predicted octanol–water partition coefficient (Wildman–Crippen LogP) is 17.8. The van der Waals surface area contributed by atoms with E-state index in [9.17, 15) is 43.2 Å². The van der Waals surface area contributed by atoms with Gasteiger partial charge in [0.15, 0.2) is 12.2 Å². The summed E-state index contributed by atoms with van der Waals surface area (Å²) >= 11 is 0. The zero-order valence-electron chi connectivity index (χ0n) is 53.3. The van der Waals surface area contributed by atoms with E-state index >= 15 is 0 Å². The maximum absolute atomic E-state index is 12.9. The molecule has 19 heteroatoms. The third kappa shape index (κ3) is 57.6. The van der Waals surface area contributed by atoms with Gasteiger partial charge in [0.05, 0.1) is 26.4 Å². The maximum Gasteiger partial charge on any atom is 0.472 e. The van der Waals surface area contributed by atoms with Gasteiger partial charge in [0, 0.05) is 25.7 Å². The van der Waals surface area contributed by atoms with Crippen LogP contribution in [0.3, 0.4) is 0 Å². The second kappa shape index (κ2) is 57.8. The second-order valence-electron chi connectivity index (χ2n) is 23.4. The molecule has 0 spiro atoms. The molecule has 17 nitrogen and oxygen atoms in total. The van der Waals surface area contributed by atoms with Gasteiger partial charge < -0.3 is 33.8 Å². The summed E-state index contributed by atoms with van der Waals surface area (Å²) in [4.78, 5) is 71.8. The molecule has 0 aliphatic rings. The van der Waals surface area contributed by atoms with Crippen LogP contribution in [0.25, 0.3) is 0 Å². The molecular formula is C64H124O17P2. The number of phosphoric acid groups is 2. The summed E-state index contributed by atoms with van der Waals surface area (Å²) in [5.41, 5.74) is 0. The summed E-state index contributed by atoms with van der Waals surface area (Å²) in [6.07, 6.45) is 42.2. The summed E-state index contributed by atoms with van der Waals surface area (Å²) in [6, 6.07) is 0. The lowest BCUT2D eigenvalue weighted by Gasteiger charge is -2.21. The molecule has 0 aromatic rings. The van der Waals surface area contributed by atoms with Crippen LogP contribution in [0.2, 0.25) is 0 Å². The molecule has 0 fully saturated rings. The minimum Gasteiger partial charge on any atom is -0.462 e. The SMILES string of the molecule is CCCCCCCCCC(=O)OC[C@H](COP(=O)(O)OC[C@H](O)COP(=O)(O)OC[C@@H](COC(=O)CCCCCCCCC)OC(=O)CCCCCCCCCCCCCCCCCCCCC(C)CC)OC(=O)CCCCCCCCC. The fourth-order valence-electron chi connectivity index (χ4n) is 9.55. The van der Waals surface area contributed by atoms with Crippen LogP contribution in [-0.2, 0) is 65.4 Å². The summed E-state index contributed by atoms with van der Waals surface area (Å²) < 4.78 is 67.6. The molecule has 0 bridgehead atoms. The molecule has 492 valence electrons. The number of aliphatic hydroxyl groups is 1. The number of ether oxygens (including phenoxy) is 4. The van der Waals surface area contributed by atoms with Crippen LogP contribution >= 0.6 is 15.6 Å². The average Bonchev–Trinajstić information content (AvgIpc) is 3.48. The van der Waals surface area contributed by atoms with Crippen LogP contribution in [-0.4, -0.2) is 96.7 Å². The highest BCUT2D eigenvalue weighted by molar-refractivity contribution is 7.47. The number of hydrogen-bond donors (Lipinski definition) is 3. The van der Waals surface area contributed by atoms with Gasteiger partial charge in [0.1, 0.15) is 19.3 Å². The first-order valence-corrected chi connectivity index (χ1v) is 36.7. The third-order valence-electron chi connectivity index (χ3n) is 15.1. The molecule has 0 saturated carbocycles. The second-order valence-corrected chi connectivity index (χ2v) is 26.3. The molecule has 0 aliphatic carbocycles. The van der Waals surface area contributed by atoms with Crippen LogP contribution in [0.4, 0.5) is 0 Å². The Morgan fingerprint density at radius 1 is 0.337 bits per heavy atom. The summed E-state index contributed by atoms with van der Waals surface area (Å²) in [6.45, 7) is 7.13. The molecule has 0 radical (unpaired) electrons. The zero-order chi connectivity index (χ0) is 61.3. The first kappa shape index (κ1) is 81.1. The Balaban J connectivity index is 4.99. The van der Waals surface area contributed by atoms with Gasteiger partial charge in [-0.25, -0.2) is 9.13 Å². The van der Waals surface area contributed by atoms with Crippen LogP contribution < -0.4 is 0 Å². The molecule has 0 aromatic heterocycles. The van der Waals surface area contributed by atoms with Crippen molar-refractivity contribution in [3.8, 4) is 0 Å². The smallest absolute Gasteiger partial charge is 0.462 e. The van der Waals surface area contributed by atoms with Crippen molar-refractivity contribution in [3.05, 3.63) is 0 Å². The van der Waals surface area contributed by atoms with Crippen LogP contribution in [0.5, 0.6) is 0 Å². The lowest BCUT2D eigenvalue weighted by Crippen LogP contribution is -2.30. The maximum atomic E-state index is 12.9. The number of esters is 4. The number of carbonyl (C=O) groups excluding carboxylic acids is 4. The monoisotopic (exact) mass is 1230 g/mol. The van der Waals surface area contributed by atoms with E-state index in [1.165, 1.54) is 109 Å². The molecule has 3 unspecified atom stereocenters. The summed E-state index contributed by atoms with van der Waals surface area (Å²) in [5.74, 6) is -1.28. The Labute approximate surface area is 505 Å². The Bertz CT molecular complexity index is 1620. The van der Waals surface area contributed by atoms with E-state index in [1.54, 1.807) is 0 Å². The molecule has 0 heterocycles. The molecule has 0 amide bonds. The van der Waals surface area contributed by atoms with Gasteiger partial charge in [-0.3, -0.25) is 37.3 Å². The van der Waals surface area contributed by atoms with Gasteiger partial charge in [-0.1, -0.05) is 272 Å². The van der Waals surface area contributed by atoms with E-state index in [-0.39, 0.29) is 25.7 Å². The number of carbonyl (C=O) groups is 4. The van der Waals surface area contributed by atoms with Crippen LogP contribution in [0.15, 0.2) is 0 Å². The van der Waals surface area contributed by atoms with Gasteiger partial charge in [-0.15, -0.1) is 0 Å². The molecule has 6 atom stereocenters. The molecule has 0 aromatic carbocycles. The van der Waals surface area contributed by atoms with Crippen molar-refractivity contribution in [3.63, 3.8) is 0 Å². The lowest BCUT2D eigenvalue weighted by molar-refractivity contribution is -0.161. The minimum atomic E-state index is -4.94. The van der Waals surface area contributed by atoms with Crippen LogP contribution in [0, 0.1) is 5.92 Å². The molecule has 0 aliphatic heterocycles. The highest BCUT2D eigenvalue weighted by Gasteiger charge is 2.30. The lowest BCUT2D eigenvalue weighted by atomic mass is 9.99. The first-order chi connectivity index (χ1) is 40.1. The van der Waals surface area contributed by atoms with Crippen molar-refractivity contribution in [2.75, 3.05) is 39.6 Å². The van der Waals surface area contributed by atoms with Crippen molar-refractivity contribution in [2.45, 2.75) is 342 Å². The number of hydrogen-bond acceptors (Lipinski definition) is 15. The van der Waals surface area contributed by atoms with Crippen molar-refractivity contribution >= 4 is 39.5 Å². The number of unbranched alkanes of at least 4 members (excludes halogenated alkanes) is 35. The largest absolute Gasteiger partial charge is 0.472 e. The molecule has 0 saturated heterocycles. The first-order valence-electron chi connectivity index (χ1n) is 33.7. The number of phosphoric ester groups is 2. The predicted molar refractivity (Wildman–Crippen MR) is 331 cm³/mol. The van der Waals surface area contributed by atoms with Gasteiger partial charge in [-0.2, -0.15) is 0 Å². The van der Waals surface area contributed by atoms with E-state index in [1.807, 2.05) is 0 Å². The minimum absolute atomic E-state index is 0.103. The molecule has 83 heavy (non-hydrogen) atoms. The number of rotatable bonds is 64. The van der Waals surface area contributed by atoms with Gasteiger partial charge >= 0.3 is 39.5 Å². The standard InChI is InChI=1S/C64H124O17P2/c1-6-10-13-16-31-37-42-47-61(66)74-53-59(80-63(68)49-44-39-33-18-15-12-8-3)55-78-82(70,71)76-51-58(65)52-77-83(72,73)79-56-60(54-75-62(67)48-43-38-32-17-14-11-7-2)81-64(69)50-45-40-35-30-28-26-24-22-20-19-21-23-25-27-29-34-36-41-46-57(5)9-4/h57-60,65H,6-56H2,1-5H3,(H,70,71)(H,72,73)/t57?,58-,59+,60+/m0/s1. The summed E-state index contributed by atoms with van der Waals surface area (Å²) in [7, 11) is -9.87. The van der Waals surface area contributed by atoms with Gasteiger partial charge in [0.25, 0.3) is 0 Å². The topological polar surface area (TPSA) is 237 Å². The quantitative estimate of drug-likeness (QED) is 0.0222. The fourth-order valence-corrected chi connectivity index (χ4v) is 11.1. The van der Waals surface area contributed by atoms with Crippen molar-refractivity contribution in [2.24, 2.45) is 5.92 Å². The van der Waals surface area contributed by atoms with Crippen molar-refractivity contribution in [1.29, 1.82) is 0 Å². The van der Waals surface area contributed by atoms with E-state index in [2.05, 4.69) is 34.6 Å². The highest BCUT2D eigenvalue weighted by atomic mass is 31.2. The Kier molecular flexibility index (Phi) is 56.4. The molecule has 0 rings (SSSR count). The van der Waals surface area contributed by atoms with E-state index in [0.29, 0.717) is 25.7 Å². The van der Waals surface area contributed by atoms with E-state index in [0.717, 1.165) is 134 Å². The summed E-state index contributed by atoms with van der Waals surface area (Å²) in [5, 5.41) is 10.5. The van der Waals surface area contributed by atoms with E-state index < -0.39 is 97.5 Å². The highest BCUT2D eigenvalue weighted by Crippen LogP contribution is 2.45. The van der Waals surface area contributed by atoms with Gasteiger partial charge in [-0.05, 0) is 31.6 Å². The fraction of sp³-hybridized carbons (Fsp3) is 0.938. The zero-order valence-corrected chi connectivity index (χ0v) is 55.1. The average molecular weight is 1230 g/mol. The Morgan fingerprint density at radius 2 is 0.578 bits per heavy atom. The third-order valence-corrected chi connectivity index (χ3v) is 17.0. The molecule has 3 N–H and O–H groups in total.